The van der Waals surface area contributed by atoms with E-state index < -0.39 is 6.10 Å². The summed E-state index contributed by atoms with van der Waals surface area (Å²) in [4.78, 5) is 12.5. The Bertz CT molecular complexity index is 909. The molecule has 1 N–H and O–H groups in total. The summed E-state index contributed by atoms with van der Waals surface area (Å²) in [5, 5.41) is 7.57. The standard InChI is InChI=1S/C20H20ClN3O3/c1-14(27-18-6-4-3-5-17(18)21)20(25)23-19-11-12-22-24(19)13-15-7-9-16(26-2)10-8-15/h3-12,14H,13H2,1-2H3,(H,23,25). The molecule has 3 aromatic rings. The SMILES string of the molecule is COc1ccc(Cn2nccc2NC(=O)C(C)Oc2ccccc2Cl)cc1. The lowest BCUT2D eigenvalue weighted by molar-refractivity contribution is -0.122. The number of aromatic nitrogens is 2. The van der Waals surface area contributed by atoms with Crippen LogP contribution >= 0.6 is 11.6 Å². The molecule has 27 heavy (non-hydrogen) atoms. The highest BCUT2D eigenvalue weighted by Crippen LogP contribution is 2.24. The van der Waals surface area contributed by atoms with Crippen LogP contribution in [0.15, 0.2) is 60.8 Å². The van der Waals surface area contributed by atoms with E-state index in [4.69, 9.17) is 21.1 Å². The van der Waals surface area contributed by atoms with Crippen LogP contribution in [0.5, 0.6) is 11.5 Å². The average molecular weight is 386 g/mol. The molecule has 7 heteroatoms. The van der Waals surface area contributed by atoms with Gasteiger partial charge in [-0.05, 0) is 36.8 Å². The molecule has 3 rings (SSSR count). The van der Waals surface area contributed by atoms with E-state index in [9.17, 15) is 4.79 Å². The Morgan fingerprint density at radius 1 is 1.19 bits per heavy atom. The lowest BCUT2D eigenvalue weighted by Crippen LogP contribution is -2.31. The van der Waals surface area contributed by atoms with Crippen LogP contribution < -0.4 is 14.8 Å². The molecule has 1 heterocycles. The predicted molar refractivity (Wildman–Crippen MR) is 104 cm³/mol. The van der Waals surface area contributed by atoms with Crippen LogP contribution in [0.3, 0.4) is 0 Å². The molecule has 1 unspecified atom stereocenters. The van der Waals surface area contributed by atoms with Gasteiger partial charge in [-0.15, -0.1) is 0 Å². The number of halogens is 1. The van der Waals surface area contributed by atoms with Crippen molar-refractivity contribution in [2.75, 3.05) is 12.4 Å². The number of rotatable bonds is 7. The summed E-state index contributed by atoms with van der Waals surface area (Å²) in [5.74, 6) is 1.56. The number of nitrogens with one attached hydrogen (secondary N) is 1. The first-order chi connectivity index (χ1) is 13.1. The molecule has 0 spiro atoms. The van der Waals surface area contributed by atoms with Crippen molar-refractivity contribution < 1.29 is 14.3 Å². The van der Waals surface area contributed by atoms with Gasteiger partial charge in [0.2, 0.25) is 0 Å². The minimum Gasteiger partial charge on any atom is -0.497 e. The molecule has 0 aliphatic rings. The van der Waals surface area contributed by atoms with Gasteiger partial charge >= 0.3 is 0 Å². The summed E-state index contributed by atoms with van der Waals surface area (Å²) in [6, 6.07) is 16.5. The Morgan fingerprint density at radius 2 is 1.93 bits per heavy atom. The van der Waals surface area contributed by atoms with E-state index in [2.05, 4.69) is 10.4 Å². The van der Waals surface area contributed by atoms with E-state index in [-0.39, 0.29) is 5.91 Å². The van der Waals surface area contributed by atoms with Gasteiger partial charge < -0.3 is 14.8 Å². The van der Waals surface area contributed by atoms with Crippen molar-refractivity contribution in [1.82, 2.24) is 9.78 Å². The van der Waals surface area contributed by atoms with Crippen LogP contribution in [0.25, 0.3) is 0 Å². The Labute approximate surface area is 162 Å². The summed E-state index contributed by atoms with van der Waals surface area (Å²) in [7, 11) is 1.63. The molecule has 0 radical (unpaired) electrons. The zero-order chi connectivity index (χ0) is 19.2. The number of carbonyl (C=O) groups is 1. The summed E-state index contributed by atoms with van der Waals surface area (Å²) in [6.45, 7) is 2.19. The van der Waals surface area contributed by atoms with Crippen molar-refractivity contribution in [2.24, 2.45) is 0 Å². The minimum atomic E-state index is -0.714. The number of benzene rings is 2. The molecule has 6 nitrogen and oxygen atoms in total. The summed E-state index contributed by atoms with van der Waals surface area (Å²) in [6.07, 6.45) is 0.924. The van der Waals surface area contributed by atoms with E-state index in [1.807, 2.05) is 24.3 Å². The summed E-state index contributed by atoms with van der Waals surface area (Å²) in [5.41, 5.74) is 1.04. The fraction of sp³-hybridized carbons (Fsp3) is 0.200. The third-order valence-corrected chi connectivity index (χ3v) is 4.28. The number of methoxy groups -OCH3 is 1. The number of amides is 1. The van der Waals surface area contributed by atoms with Crippen molar-refractivity contribution in [2.45, 2.75) is 19.6 Å². The van der Waals surface area contributed by atoms with Gasteiger partial charge in [-0.1, -0.05) is 35.9 Å². The fourth-order valence-electron chi connectivity index (χ4n) is 2.48. The van der Waals surface area contributed by atoms with Crippen LogP contribution in [0.2, 0.25) is 5.02 Å². The van der Waals surface area contributed by atoms with Crippen molar-refractivity contribution in [3.05, 3.63) is 71.4 Å². The van der Waals surface area contributed by atoms with Gasteiger partial charge in [-0.25, -0.2) is 4.68 Å². The second-order valence-electron chi connectivity index (χ2n) is 5.90. The molecular weight excluding hydrogens is 366 g/mol. The molecule has 0 saturated heterocycles. The number of hydrogen-bond donors (Lipinski definition) is 1. The molecule has 0 saturated carbocycles. The quantitative estimate of drug-likeness (QED) is 0.667. The molecule has 0 bridgehead atoms. The second-order valence-corrected chi connectivity index (χ2v) is 6.31. The zero-order valence-electron chi connectivity index (χ0n) is 15.1. The number of anilines is 1. The largest absolute Gasteiger partial charge is 0.497 e. The highest BCUT2D eigenvalue weighted by molar-refractivity contribution is 6.32. The predicted octanol–water partition coefficient (Wildman–Crippen LogP) is 4.00. The van der Waals surface area contributed by atoms with Gasteiger partial charge in [0, 0.05) is 6.07 Å². The topological polar surface area (TPSA) is 65.4 Å². The molecule has 0 aliphatic carbocycles. The van der Waals surface area contributed by atoms with E-state index >= 15 is 0 Å². The maximum atomic E-state index is 12.5. The molecule has 1 amide bonds. The monoisotopic (exact) mass is 385 g/mol. The van der Waals surface area contributed by atoms with Crippen molar-refractivity contribution in [1.29, 1.82) is 0 Å². The third kappa shape index (κ3) is 4.80. The molecular formula is C20H20ClN3O3. The van der Waals surface area contributed by atoms with Crippen LogP contribution in [-0.4, -0.2) is 28.9 Å². The number of ether oxygens (including phenoxy) is 2. The van der Waals surface area contributed by atoms with Crippen molar-refractivity contribution >= 4 is 23.3 Å². The Hall–Kier alpha value is -2.99. The van der Waals surface area contributed by atoms with Gasteiger partial charge in [0.25, 0.3) is 5.91 Å². The highest BCUT2D eigenvalue weighted by atomic mass is 35.5. The normalized spacial score (nSPS) is 11.7. The first-order valence-corrected chi connectivity index (χ1v) is 8.81. The van der Waals surface area contributed by atoms with E-state index in [1.165, 1.54) is 0 Å². The minimum absolute atomic E-state index is 0.286. The number of hydrogen-bond acceptors (Lipinski definition) is 4. The fourth-order valence-corrected chi connectivity index (χ4v) is 2.66. The third-order valence-electron chi connectivity index (χ3n) is 3.97. The van der Waals surface area contributed by atoms with Gasteiger partial charge in [-0.3, -0.25) is 4.79 Å². The van der Waals surface area contributed by atoms with Crippen LogP contribution in [0.4, 0.5) is 5.82 Å². The number of para-hydroxylation sites is 1. The van der Waals surface area contributed by atoms with Gasteiger partial charge in [0.15, 0.2) is 6.10 Å². The van der Waals surface area contributed by atoms with E-state index in [0.29, 0.717) is 23.1 Å². The lowest BCUT2D eigenvalue weighted by atomic mass is 10.2. The van der Waals surface area contributed by atoms with Crippen LogP contribution in [-0.2, 0) is 11.3 Å². The zero-order valence-corrected chi connectivity index (χ0v) is 15.8. The van der Waals surface area contributed by atoms with Crippen molar-refractivity contribution in [3.63, 3.8) is 0 Å². The number of nitrogens with zero attached hydrogens (tertiary/aromatic N) is 2. The highest BCUT2D eigenvalue weighted by Gasteiger charge is 2.18. The van der Waals surface area contributed by atoms with E-state index in [1.54, 1.807) is 55.2 Å². The molecule has 1 aromatic heterocycles. The first kappa shape index (κ1) is 18.8. The van der Waals surface area contributed by atoms with Gasteiger partial charge in [0.05, 0.1) is 24.9 Å². The summed E-state index contributed by atoms with van der Waals surface area (Å²) < 4.78 is 12.5. The van der Waals surface area contributed by atoms with Crippen LogP contribution in [0, 0.1) is 0 Å². The average Bonchev–Trinajstić information content (AvgIpc) is 3.10. The Morgan fingerprint density at radius 3 is 2.63 bits per heavy atom. The van der Waals surface area contributed by atoms with Crippen LogP contribution in [0.1, 0.15) is 12.5 Å². The molecule has 0 fully saturated rings. The first-order valence-electron chi connectivity index (χ1n) is 8.43. The second kappa shape index (κ2) is 8.60. The lowest BCUT2D eigenvalue weighted by Gasteiger charge is -2.16. The molecule has 0 aliphatic heterocycles. The van der Waals surface area contributed by atoms with Crippen molar-refractivity contribution in [3.8, 4) is 11.5 Å². The number of carbonyl (C=O) groups excluding carboxylic acids is 1. The maximum absolute atomic E-state index is 12.5. The molecule has 1 atom stereocenters. The smallest absolute Gasteiger partial charge is 0.266 e. The van der Waals surface area contributed by atoms with E-state index in [0.717, 1.165) is 11.3 Å². The molecule has 2 aromatic carbocycles. The Kier molecular flexibility index (Phi) is 5.98. The van der Waals surface area contributed by atoms with Gasteiger partial charge in [-0.2, -0.15) is 5.10 Å². The maximum Gasteiger partial charge on any atom is 0.266 e. The Balaban J connectivity index is 1.64. The summed E-state index contributed by atoms with van der Waals surface area (Å²) >= 11 is 6.07. The molecule has 140 valence electrons. The van der Waals surface area contributed by atoms with Gasteiger partial charge in [0.1, 0.15) is 17.3 Å².